The van der Waals surface area contributed by atoms with Crippen molar-refractivity contribution in [1.82, 2.24) is 9.97 Å². The lowest BCUT2D eigenvalue weighted by Crippen LogP contribution is -1.90. The van der Waals surface area contributed by atoms with E-state index in [1.165, 1.54) is 0 Å². The van der Waals surface area contributed by atoms with Gasteiger partial charge in [0.2, 0.25) is 5.69 Å². The van der Waals surface area contributed by atoms with Crippen LogP contribution in [0.25, 0.3) is 0 Å². The summed E-state index contributed by atoms with van der Waals surface area (Å²) in [6, 6.07) is 0. The van der Waals surface area contributed by atoms with Gasteiger partial charge < -0.3 is 14.9 Å². The van der Waals surface area contributed by atoms with Crippen LogP contribution in [0.3, 0.4) is 0 Å². The maximum absolute atomic E-state index is 10.5. The Bertz CT molecular complexity index is 425. The van der Waals surface area contributed by atoms with Crippen LogP contribution in [0, 0.1) is 28.9 Å². The number of nitrogens with one attached hydrogen (secondary N) is 1. The first-order valence-electron chi connectivity index (χ1n) is 3.78. The number of aromatic nitrogens is 2. The molecule has 0 radical (unpaired) electrons. The summed E-state index contributed by atoms with van der Waals surface area (Å²) in [5.41, 5.74) is 0.0642. The van der Waals surface area contributed by atoms with Crippen LogP contribution in [-0.4, -0.2) is 21.2 Å². The zero-order valence-electron chi connectivity index (χ0n) is 7.40. The SMILES string of the molecule is Cc1nc(C#CCC=O)c([N+](=O)[O-])[nH]1. The average Bonchev–Trinajstić information content (AvgIpc) is 2.47. The van der Waals surface area contributed by atoms with E-state index in [1.54, 1.807) is 6.92 Å². The lowest BCUT2D eigenvalue weighted by molar-refractivity contribution is -0.389. The Morgan fingerprint density at radius 1 is 1.71 bits per heavy atom. The second-order valence-corrected chi connectivity index (χ2v) is 2.45. The van der Waals surface area contributed by atoms with Crippen LogP contribution < -0.4 is 0 Å². The first-order valence-corrected chi connectivity index (χ1v) is 3.78. The highest BCUT2D eigenvalue weighted by Crippen LogP contribution is 2.12. The molecule has 1 aromatic heterocycles. The maximum atomic E-state index is 10.5. The van der Waals surface area contributed by atoms with Gasteiger partial charge in [-0.2, -0.15) is 4.98 Å². The molecule has 1 heterocycles. The number of aromatic amines is 1. The maximum Gasteiger partial charge on any atom is 0.356 e. The van der Waals surface area contributed by atoms with Crippen molar-refractivity contribution in [2.45, 2.75) is 13.3 Å². The molecule has 0 saturated heterocycles. The summed E-state index contributed by atoms with van der Waals surface area (Å²) in [6.45, 7) is 1.60. The zero-order valence-corrected chi connectivity index (χ0v) is 7.40. The van der Waals surface area contributed by atoms with Crippen molar-refractivity contribution in [2.75, 3.05) is 0 Å². The monoisotopic (exact) mass is 193 g/mol. The Balaban J connectivity index is 3.02. The minimum atomic E-state index is -0.592. The fraction of sp³-hybridized carbons (Fsp3) is 0.250. The molecule has 0 aromatic carbocycles. The standard InChI is InChI=1S/C8H7N3O3/c1-6-9-7(4-2-3-5-12)8(10-6)11(13)14/h5H,3H2,1H3,(H,9,10). The van der Waals surface area contributed by atoms with Crippen molar-refractivity contribution in [3.05, 3.63) is 21.6 Å². The molecule has 0 fully saturated rings. The highest BCUT2D eigenvalue weighted by molar-refractivity contribution is 5.55. The molecule has 0 saturated carbocycles. The Hall–Kier alpha value is -2.16. The van der Waals surface area contributed by atoms with E-state index in [0.29, 0.717) is 12.1 Å². The van der Waals surface area contributed by atoms with Gasteiger partial charge in [0.15, 0.2) is 5.82 Å². The predicted molar refractivity (Wildman–Crippen MR) is 47.5 cm³/mol. The summed E-state index contributed by atoms with van der Waals surface area (Å²) >= 11 is 0. The number of nitro groups is 1. The Labute approximate surface area is 79.5 Å². The molecule has 6 heteroatoms. The topological polar surface area (TPSA) is 88.9 Å². The van der Waals surface area contributed by atoms with Gasteiger partial charge in [-0.05, 0) is 10.8 Å². The normalized spacial score (nSPS) is 8.93. The molecule has 1 aromatic rings. The molecule has 1 rings (SSSR count). The number of aldehydes is 1. The Kier molecular flexibility index (Phi) is 2.97. The van der Waals surface area contributed by atoms with Gasteiger partial charge in [-0.25, -0.2) is 4.98 Å². The average molecular weight is 193 g/mol. The number of imidazole rings is 1. The van der Waals surface area contributed by atoms with E-state index >= 15 is 0 Å². The van der Waals surface area contributed by atoms with Crippen molar-refractivity contribution >= 4 is 12.1 Å². The number of hydrogen-bond acceptors (Lipinski definition) is 4. The Morgan fingerprint density at radius 3 is 3.00 bits per heavy atom. The summed E-state index contributed by atoms with van der Waals surface area (Å²) in [5.74, 6) is 5.09. The summed E-state index contributed by atoms with van der Waals surface area (Å²) in [6.07, 6.45) is 0.668. The van der Waals surface area contributed by atoms with Gasteiger partial charge in [-0.15, -0.1) is 0 Å². The summed E-state index contributed by atoms with van der Waals surface area (Å²) < 4.78 is 0. The lowest BCUT2D eigenvalue weighted by Gasteiger charge is -1.87. The van der Waals surface area contributed by atoms with Gasteiger partial charge in [0.05, 0.1) is 6.42 Å². The summed E-state index contributed by atoms with van der Waals surface area (Å²) in [5, 5.41) is 10.5. The van der Waals surface area contributed by atoms with Gasteiger partial charge in [0.1, 0.15) is 6.29 Å². The molecule has 0 atom stereocenters. The lowest BCUT2D eigenvalue weighted by atomic mass is 10.4. The van der Waals surface area contributed by atoms with Crippen LogP contribution in [0.1, 0.15) is 17.9 Å². The van der Waals surface area contributed by atoms with E-state index in [9.17, 15) is 14.9 Å². The molecule has 14 heavy (non-hydrogen) atoms. The number of H-pyrrole nitrogens is 1. The van der Waals surface area contributed by atoms with Gasteiger partial charge in [-0.3, -0.25) is 0 Å². The van der Waals surface area contributed by atoms with Crippen molar-refractivity contribution < 1.29 is 9.72 Å². The minimum Gasteiger partial charge on any atom is -0.358 e. The van der Waals surface area contributed by atoms with Crippen LogP contribution in [0.2, 0.25) is 0 Å². The minimum absolute atomic E-state index is 0.0447. The van der Waals surface area contributed by atoms with Crippen LogP contribution in [0.15, 0.2) is 0 Å². The largest absolute Gasteiger partial charge is 0.358 e. The van der Waals surface area contributed by atoms with E-state index < -0.39 is 4.92 Å². The number of aryl methyl sites for hydroxylation is 1. The van der Waals surface area contributed by atoms with Crippen LogP contribution in [0.5, 0.6) is 0 Å². The number of carbonyl (C=O) groups excluding carboxylic acids is 1. The molecule has 0 bridgehead atoms. The van der Waals surface area contributed by atoms with E-state index in [2.05, 4.69) is 21.8 Å². The zero-order chi connectivity index (χ0) is 10.6. The third-order valence-corrected chi connectivity index (χ3v) is 1.38. The van der Waals surface area contributed by atoms with Crippen molar-refractivity contribution in [2.24, 2.45) is 0 Å². The van der Waals surface area contributed by atoms with Crippen molar-refractivity contribution in [3.63, 3.8) is 0 Å². The van der Waals surface area contributed by atoms with E-state index in [4.69, 9.17) is 0 Å². The van der Waals surface area contributed by atoms with E-state index in [0.717, 1.165) is 0 Å². The summed E-state index contributed by atoms with van der Waals surface area (Å²) in [7, 11) is 0. The van der Waals surface area contributed by atoms with E-state index in [1.807, 2.05) is 0 Å². The fourth-order valence-corrected chi connectivity index (χ4v) is 0.875. The molecule has 72 valence electrons. The quantitative estimate of drug-likeness (QED) is 0.322. The molecule has 0 amide bonds. The molecule has 0 aliphatic carbocycles. The van der Waals surface area contributed by atoms with E-state index in [-0.39, 0.29) is 17.9 Å². The first kappa shape index (κ1) is 9.92. The Morgan fingerprint density at radius 2 is 2.43 bits per heavy atom. The van der Waals surface area contributed by atoms with Crippen LogP contribution in [-0.2, 0) is 4.79 Å². The third-order valence-electron chi connectivity index (χ3n) is 1.38. The predicted octanol–water partition coefficient (Wildman–Crippen LogP) is 0.567. The highest BCUT2D eigenvalue weighted by atomic mass is 16.6. The summed E-state index contributed by atoms with van der Waals surface area (Å²) in [4.78, 5) is 26.1. The number of hydrogen-bond donors (Lipinski definition) is 1. The van der Waals surface area contributed by atoms with Crippen molar-refractivity contribution in [3.8, 4) is 11.8 Å². The number of rotatable bonds is 2. The van der Waals surface area contributed by atoms with Gasteiger partial charge >= 0.3 is 5.82 Å². The fourth-order valence-electron chi connectivity index (χ4n) is 0.875. The first-order chi connectivity index (χ1) is 6.65. The highest BCUT2D eigenvalue weighted by Gasteiger charge is 2.15. The van der Waals surface area contributed by atoms with Gasteiger partial charge in [0, 0.05) is 6.92 Å². The molecular weight excluding hydrogens is 186 g/mol. The molecule has 1 N–H and O–H groups in total. The van der Waals surface area contributed by atoms with Gasteiger partial charge in [0.25, 0.3) is 0 Å². The van der Waals surface area contributed by atoms with Crippen molar-refractivity contribution in [1.29, 1.82) is 0 Å². The van der Waals surface area contributed by atoms with Gasteiger partial charge in [-0.1, -0.05) is 5.92 Å². The van der Waals surface area contributed by atoms with Crippen LogP contribution >= 0.6 is 0 Å². The molecule has 0 aliphatic heterocycles. The van der Waals surface area contributed by atoms with Crippen LogP contribution in [0.4, 0.5) is 5.82 Å². The second kappa shape index (κ2) is 4.18. The molecule has 0 aliphatic rings. The third kappa shape index (κ3) is 2.17. The smallest absolute Gasteiger partial charge is 0.356 e. The number of carbonyl (C=O) groups is 1. The molecule has 6 nitrogen and oxygen atoms in total. The molecule has 0 spiro atoms. The second-order valence-electron chi connectivity index (χ2n) is 2.45. The number of nitrogens with zero attached hydrogens (tertiary/aromatic N) is 2. The molecular formula is C8H7N3O3. The molecule has 0 unspecified atom stereocenters.